The number of ketones is 1. The van der Waals surface area contributed by atoms with E-state index < -0.39 is 0 Å². The van der Waals surface area contributed by atoms with Gasteiger partial charge < -0.3 is 4.74 Å². The minimum atomic E-state index is -0.144. The Kier molecular flexibility index (Phi) is 3.54. The number of ether oxygens (including phenoxy) is 1. The van der Waals surface area contributed by atoms with Crippen LogP contribution in [0.2, 0.25) is 0 Å². The molecule has 0 aliphatic carbocycles. The van der Waals surface area contributed by atoms with Crippen molar-refractivity contribution in [2.75, 3.05) is 7.11 Å². The van der Waals surface area contributed by atoms with E-state index in [1.165, 1.54) is 7.11 Å². The van der Waals surface area contributed by atoms with Crippen molar-refractivity contribution >= 4 is 21.7 Å². The third-order valence-electron chi connectivity index (χ3n) is 2.31. The van der Waals surface area contributed by atoms with E-state index in [9.17, 15) is 4.79 Å². The van der Waals surface area contributed by atoms with Gasteiger partial charge in [0.2, 0.25) is 5.78 Å². The highest BCUT2D eigenvalue weighted by molar-refractivity contribution is 9.10. The molecule has 2 rings (SSSR count). The fraction of sp³-hybridized carbons (Fsp3) is 0.0769. The van der Waals surface area contributed by atoms with E-state index in [2.05, 4.69) is 20.9 Å². The summed E-state index contributed by atoms with van der Waals surface area (Å²) < 4.78 is 6.06. The molecule has 0 aliphatic heterocycles. The van der Waals surface area contributed by atoms with Gasteiger partial charge in [-0.25, -0.2) is 0 Å². The van der Waals surface area contributed by atoms with E-state index in [0.29, 0.717) is 17.0 Å². The van der Waals surface area contributed by atoms with Crippen molar-refractivity contribution in [3.05, 3.63) is 58.3 Å². The molecule has 0 saturated heterocycles. The zero-order chi connectivity index (χ0) is 12.3. The number of halogens is 1. The van der Waals surface area contributed by atoms with Crippen LogP contribution in [-0.4, -0.2) is 17.9 Å². The quantitative estimate of drug-likeness (QED) is 0.816. The average Bonchev–Trinajstić information content (AvgIpc) is 2.39. The molecule has 0 atom stereocenters. The van der Waals surface area contributed by atoms with Gasteiger partial charge in [0, 0.05) is 10.7 Å². The molecule has 0 spiro atoms. The highest BCUT2D eigenvalue weighted by atomic mass is 79.9. The minimum absolute atomic E-state index is 0.144. The van der Waals surface area contributed by atoms with Crippen LogP contribution in [0.5, 0.6) is 5.75 Å². The lowest BCUT2D eigenvalue weighted by molar-refractivity contribution is 0.103. The lowest BCUT2D eigenvalue weighted by Crippen LogP contribution is -2.05. The van der Waals surface area contributed by atoms with Gasteiger partial charge in [-0.3, -0.25) is 9.78 Å². The summed E-state index contributed by atoms with van der Waals surface area (Å²) >= 11 is 3.34. The Morgan fingerprint density at radius 1 is 1.29 bits per heavy atom. The molecule has 1 aromatic carbocycles. The van der Waals surface area contributed by atoms with Crippen LogP contribution in [0.15, 0.2) is 47.1 Å². The van der Waals surface area contributed by atoms with Crippen LogP contribution in [0.25, 0.3) is 0 Å². The van der Waals surface area contributed by atoms with Gasteiger partial charge in [0.15, 0.2) is 0 Å². The second kappa shape index (κ2) is 5.10. The summed E-state index contributed by atoms with van der Waals surface area (Å²) in [6, 6.07) is 10.5. The van der Waals surface area contributed by atoms with Crippen molar-refractivity contribution in [3.8, 4) is 5.75 Å². The Morgan fingerprint density at radius 3 is 2.76 bits per heavy atom. The normalized spacial score (nSPS) is 10.0. The van der Waals surface area contributed by atoms with E-state index in [1.807, 2.05) is 0 Å². The zero-order valence-corrected chi connectivity index (χ0v) is 10.8. The highest BCUT2D eigenvalue weighted by Gasteiger charge is 2.15. The third-order valence-corrected chi connectivity index (χ3v) is 2.80. The zero-order valence-electron chi connectivity index (χ0n) is 9.18. The summed E-state index contributed by atoms with van der Waals surface area (Å²) in [7, 11) is 1.54. The average molecular weight is 292 g/mol. The Hall–Kier alpha value is -1.68. The number of carbonyl (C=O) groups excluding carboxylic acids is 1. The first-order chi connectivity index (χ1) is 8.22. The number of methoxy groups -OCH3 is 1. The largest absolute Gasteiger partial charge is 0.496 e. The summed E-state index contributed by atoms with van der Waals surface area (Å²) in [4.78, 5) is 16.2. The van der Waals surface area contributed by atoms with Crippen molar-refractivity contribution in [1.29, 1.82) is 0 Å². The molecule has 0 unspecified atom stereocenters. The molecule has 0 saturated carbocycles. The molecule has 0 fully saturated rings. The topological polar surface area (TPSA) is 39.2 Å². The van der Waals surface area contributed by atoms with Crippen molar-refractivity contribution in [2.45, 2.75) is 0 Å². The third kappa shape index (κ3) is 2.53. The molecule has 2 aromatic rings. The summed E-state index contributed by atoms with van der Waals surface area (Å²) in [6.45, 7) is 0. The maximum absolute atomic E-state index is 12.2. The van der Waals surface area contributed by atoms with Crippen LogP contribution in [0, 0.1) is 0 Å². The second-order valence-electron chi connectivity index (χ2n) is 3.39. The maximum atomic E-state index is 12.2. The molecule has 17 heavy (non-hydrogen) atoms. The summed E-state index contributed by atoms with van der Waals surface area (Å²) in [5.74, 6) is 0.393. The summed E-state index contributed by atoms with van der Waals surface area (Å²) in [6.07, 6.45) is 1.60. The van der Waals surface area contributed by atoms with Crippen LogP contribution in [0.3, 0.4) is 0 Å². The Morgan fingerprint density at radius 2 is 2.12 bits per heavy atom. The van der Waals surface area contributed by atoms with Crippen LogP contribution in [0.4, 0.5) is 0 Å². The van der Waals surface area contributed by atoms with E-state index in [1.54, 1.807) is 42.6 Å². The number of rotatable bonds is 3. The number of hydrogen-bond donors (Lipinski definition) is 0. The van der Waals surface area contributed by atoms with Gasteiger partial charge in [0.1, 0.15) is 11.4 Å². The molecule has 1 heterocycles. The number of aromatic nitrogens is 1. The van der Waals surface area contributed by atoms with Crippen LogP contribution in [-0.2, 0) is 0 Å². The van der Waals surface area contributed by atoms with Crippen molar-refractivity contribution < 1.29 is 9.53 Å². The van der Waals surface area contributed by atoms with Crippen molar-refractivity contribution in [2.24, 2.45) is 0 Å². The lowest BCUT2D eigenvalue weighted by Gasteiger charge is -2.07. The summed E-state index contributed by atoms with van der Waals surface area (Å²) in [5, 5.41) is 0. The van der Waals surface area contributed by atoms with Crippen molar-refractivity contribution in [3.63, 3.8) is 0 Å². The fourth-order valence-electron chi connectivity index (χ4n) is 1.49. The van der Waals surface area contributed by atoms with Crippen LogP contribution < -0.4 is 4.74 Å². The van der Waals surface area contributed by atoms with Gasteiger partial charge in [0.25, 0.3) is 0 Å². The van der Waals surface area contributed by atoms with Gasteiger partial charge in [-0.1, -0.05) is 22.0 Å². The number of nitrogens with zero attached hydrogens (tertiary/aromatic N) is 1. The predicted octanol–water partition coefficient (Wildman–Crippen LogP) is 3.08. The van der Waals surface area contributed by atoms with E-state index in [4.69, 9.17) is 4.74 Å². The van der Waals surface area contributed by atoms with Gasteiger partial charge in [-0.05, 0) is 30.3 Å². The standard InChI is InChI=1S/C13H10BrNO2/c1-17-12-8-9(14)5-6-10(12)13(16)11-4-2-3-7-15-11/h2-8H,1H3. The molecule has 0 N–H and O–H groups in total. The van der Waals surface area contributed by atoms with Gasteiger partial charge in [-0.2, -0.15) is 0 Å². The maximum Gasteiger partial charge on any atom is 0.215 e. The number of benzene rings is 1. The molecule has 4 heteroatoms. The second-order valence-corrected chi connectivity index (χ2v) is 4.30. The highest BCUT2D eigenvalue weighted by Crippen LogP contribution is 2.25. The van der Waals surface area contributed by atoms with Crippen molar-refractivity contribution in [1.82, 2.24) is 4.98 Å². The number of carbonyl (C=O) groups is 1. The molecule has 0 bridgehead atoms. The number of pyridine rings is 1. The Bertz CT molecular complexity index is 540. The first kappa shape index (κ1) is 11.8. The first-order valence-electron chi connectivity index (χ1n) is 5.01. The van der Waals surface area contributed by atoms with Crippen LogP contribution in [0.1, 0.15) is 16.1 Å². The monoisotopic (exact) mass is 291 g/mol. The molecule has 3 nitrogen and oxygen atoms in total. The molecule has 0 amide bonds. The molecule has 0 aliphatic rings. The fourth-order valence-corrected chi connectivity index (χ4v) is 1.83. The first-order valence-corrected chi connectivity index (χ1v) is 5.81. The van der Waals surface area contributed by atoms with Gasteiger partial charge in [0.05, 0.1) is 12.7 Å². The lowest BCUT2D eigenvalue weighted by atomic mass is 10.1. The Labute approximate surface area is 108 Å². The molecule has 86 valence electrons. The minimum Gasteiger partial charge on any atom is -0.496 e. The summed E-state index contributed by atoms with van der Waals surface area (Å²) in [5.41, 5.74) is 0.919. The Balaban J connectivity index is 2.44. The molecule has 0 radical (unpaired) electrons. The molecular formula is C13H10BrNO2. The van der Waals surface area contributed by atoms with E-state index in [-0.39, 0.29) is 5.78 Å². The van der Waals surface area contributed by atoms with E-state index in [0.717, 1.165) is 4.47 Å². The molecule has 1 aromatic heterocycles. The SMILES string of the molecule is COc1cc(Br)ccc1C(=O)c1ccccn1. The van der Waals surface area contributed by atoms with Gasteiger partial charge >= 0.3 is 0 Å². The van der Waals surface area contributed by atoms with E-state index >= 15 is 0 Å². The molecular weight excluding hydrogens is 282 g/mol. The smallest absolute Gasteiger partial charge is 0.215 e. The van der Waals surface area contributed by atoms with Gasteiger partial charge in [-0.15, -0.1) is 0 Å². The predicted molar refractivity (Wildman–Crippen MR) is 68.4 cm³/mol. The van der Waals surface area contributed by atoms with Crippen LogP contribution >= 0.6 is 15.9 Å². The number of hydrogen-bond acceptors (Lipinski definition) is 3.